The Morgan fingerprint density at radius 3 is 2.33 bits per heavy atom. The Balaban J connectivity index is 1.61. The summed E-state index contributed by atoms with van der Waals surface area (Å²) in [5.74, 6) is 0.114. The molecule has 1 amide bonds. The number of pyridine rings is 1. The Hall–Kier alpha value is -2.88. The molecule has 0 bridgehead atoms. The predicted octanol–water partition coefficient (Wildman–Crippen LogP) is 4.12. The normalized spacial score (nSPS) is 14.6. The second-order valence-electron chi connectivity index (χ2n) is 7.40. The van der Waals surface area contributed by atoms with Gasteiger partial charge in [-0.25, -0.2) is 0 Å². The summed E-state index contributed by atoms with van der Waals surface area (Å²) in [5.41, 5.74) is 6.11. The fourth-order valence-electron chi connectivity index (χ4n) is 3.96. The lowest BCUT2D eigenvalue weighted by molar-refractivity contribution is 0.0748. The molecule has 1 aliphatic heterocycles. The minimum Gasteiger partial charge on any atom is -0.368 e. The van der Waals surface area contributed by atoms with E-state index >= 15 is 0 Å². The van der Waals surface area contributed by atoms with E-state index in [0.717, 1.165) is 59.5 Å². The molecule has 1 aliphatic rings. The van der Waals surface area contributed by atoms with E-state index in [1.165, 1.54) is 5.69 Å². The van der Waals surface area contributed by atoms with Crippen molar-refractivity contribution >= 4 is 22.5 Å². The van der Waals surface area contributed by atoms with Crippen LogP contribution < -0.4 is 4.90 Å². The molecule has 0 atom stereocenters. The monoisotopic (exact) mass is 359 g/mol. The first-order valence-corrected chi connectivity index (χ1v) is 9.51. The van der Waals surface area contributed by atoms with Crippen LogP contribution in [0.25, 0.3) is 10.9 Å². The van der Waals surface area contributed by atoms with Gasteiger partial charge in [0.25, 0.3) is 5.91 Å². The summed E-state index contributed by atoms with van der Waals surface area (Å²) in [6.07, 6.45) is 0. The van der Waals surface area contributed by atoms with Gasteiger partial charge in [0.1, 0.15) is 0 Å². The Kier molecular flexibility index (Phi) is 4.56. The van der Waals surface area contributed by atoms with Crippen LogP contribution in [0, 0.1) is 20.8 Å². The topological polar surface area (TPSA) is 36.4 Å². The molecule has 4 nitrogen and oxygen atoms in total. The highest BCUT2D eigenvalue weighted by molar-refractivity contribution is 6.07. The van der Waals surface area contributed by atoms with Gasteiger partial charge in [0.2, 0.25) is 0 Å². The molecule has 1 aromatic heterocycles. The fourth-order valence-corrected chi connectivity index (χ4v) is 3.96. The lowest BCUT2D eigenvalue weighted by atomic mass is 10.0. The average Bonchev–Trinajstić information content (AvgIpc) is 2.68. The first kappa shape index (κ1) is 17.5. The highest BCUT2D eigenvalue weighted by Gasteiger charge is 2.24. The number of anilines is 1. The molecule has 0 unspecified atom stereocenters. The van der Waals surface area contributed by atoms with Gasteiger partial charge in [-0.15, -0.1) is 0 Å². The van der Waals surface area contributed by atoms with Gasteiger partial charge in [-0.2, -0.15) is 0 Å². The minimum atomic E-state index is 0.114. The highest BCUT2D eigenvalue weighted by Crippen LogP contribution is 2.25. The molecule has 2 heterocycles. The zero-order valence-corrected chi connectivity index (χ0v) is 16.2. The molecule has 3 aromatic rings. The number of benzene rings is 2. The van der Waals surface area contributed by atoms with Crippen molar-refractivity contribution < 1.29 is 4.79 Å². The molecule has 0 radical (unpaired) electrons. The molecular weight excluding hydrogens is 334 g/mol. The Morgan fingerprint density at radius 1 is 0.926 bits per heavy atom. The highest BCUT2D eigenvalue weighted by atomic mass is 16.2. The minimum absolute atomic E-state index is 0.114. The summed E-state index contributed by atoms with van der Waals surface area (Å²) in [4.78, 5) is 22.3. The number of nitrogens with zero attached hydrogens (tertiary/aromatic N) is 3. The van der Waals surface area contributed by atoms with Gasteiger partial charge in [0, 0.05) is 42.9 Å². The van der Waals surface area contributed by atoms with Crippen LogP contribution in [0.5, 0.6) is 0 Å². The van der Waals surface area contributed by atoms with Crippen LogP contribution in [0.1, 0.15) is 27.2 Å². The number of amides is 1. The maximum atomic E-state index is 13.3. The molecule has 27 heavy (non-hydrogen) atoms. The molecule has 0 spiro atoms. The summed E-state index contributed by atoms with van der Waals surface area (Å²) in [5, 5.41) is 0.966. The Labute approximate surface area is 160 Å². The Morgan fingerprint density at radius 2 is 1.63 bits per heavy atom. The van der Waals surface area contributed by atoms with Crippen molar-refractivity contribution in [2.45, 2.75) is 20.8 Å². The van der Waals surface area contributed by atoms with E-state index < -0.39 is 0 Å². The summed E-state index contributed by atoms with van der Waals surface area (Å²) >= 11 is 0. The summed E-state index contributed by atoms with van der Waals surface area (Å²) in [6.45, 7) is 9.28. The van der Waals surface area contributed by atoms with Gasteiger partial charge in [-0.3, -0.25) is 9.78 Å². The number of fused-ring (bicyclic) bond motifs is 1. The van der Waals surface area contributed by atoms with E-state index in [1.807, 2.05) is 24.0 Å². The number of carbonyl (C=O) groups is 1. The SMILES string of the molecule is Cc1cc(C)c2nc(C)cc(C(=O)N3CCN(c4ccccc4)CC3)c2c1. The summed E-state index contributed by atoms with van der Waals surface area (Å²) in [7, 11) is 0. The number of hydrogen-bond donors (Lipinski definition) is 0. The summed E-state index contributed by atoms with van der Waals surface area (Å²) in [6, 6.07) is 16.6. The van der Waals surface area contributed by atoms with E-state index in [4.69, 9.17) is 0 Å². The molecule has 4 rings (SSSR count). The quantitative estimate of drug-likeness (QED) is 0.690. The van der Waals surface area contributed by atoms with Gasteiger partial charge in [0.05, 0.1) is 11.1 Å². The van der Waals surface area contributed by atoms with Crippen LogP contribution in [0.2, 0.25) is 0 Å². The van der Waals surface area contributed by atoms with Crippen LogP contribution in [-0.2, 0) is 0 Å². The van der Waals surface area contributed by atoms with Crippen molar-refractivity contribution in [1.82, 2.24) is 9.88 Å². The predicted molar refractivity (Wildman–Crippen MR) is 111 cm³/mol. The van der Waals surface area contributed by atoms with Crippen molar-refractivity contribution in [3.8, 4) is 0 Å². The molecule has 4 heteroatoms. The number of para-hydroxylation sites is 1. The molecule has 2 aromatic carbocycles. The van der Waals surface area contributed by atoms with Crippen molar-refractivity contribution in [3.05, 3.63) is 70.9 Å². The maximum Gasteiger partial charge on any atom is 0.254 e. The zero-order chi connectivity index (χ0) is 19.0. The number of hydrogen-bond acceptors (Lipinski definition) is 3. The van der Waals surface area contributed by atoms with E-state index in [9.17, 15) is 4.79 Å². The standard InChI is InChI=1S/C23H25N3O/c1-16-13-17(2)22-20(14-16)21(15-18(3)24-22)23(27)26-11-9-25(10-12-26)19-7-5-4-6-8-19/h4-8,13-15H,9-12H2,1-3H3. The number of piperazine rings is 1. The van der Waals surface area contributed by atoms with Crippen LogP contribution in [-0.4, -0.2) is 42.0 Å². The van der Waals surface area contributed by atoms with Gasteiger partial charge in [-0.1, -0.05) is 29.8 Å². The van der Waals surface area contributed by atoms with Gasteiger partial charge < -0.3 is 9.80 Å². The van der Waals surface area contributed by atoms with Gasteiger partial charge in [-0.05, 0) is 50.6 Å². The molecule has 1 fully saturated rings. The maximum absolute atomic E-state index is 13.3. The van der Waals surface area contributed by atoms with Crippen molar-refractivity contribution in [3.63, 3.8) is 0 Å². The second-order valence-corrected chi connectivity index (χ2v) is 7.40. The molecule has 0 aliphatic carbocycles. The van der Waals surface area contributed by atoms with E-state index in [-0.39, 0.29) is 5.91 Å². The smallest absolute Gasteiger partial charge is 0.254 e. The summed E-state index contributed by atoms with van der Waals surface area (Å²) < 4.78 is 0. The zero-order valence-electron chi connectivity index (χ0n) is 16.2. The molecule has 1 saturated heterocycles. The number of rotatable bonds is 2. The number of aromatic nitrogens is 1. The largest absolute Gasteiger partial charge is 0.368 e. The first-order chi connectivity index (χ1) is 13.0. The van der Waals surface area contributed by atoms with Crippen molar-refractivity contribution in [2.24, 2.45) is 0 Å². The average molecular weight is 359 g/mol. The van der Waals surface area contributed by atoms with Gasteiger partial charge >= 0.3 is 0 Å². The van der Waals surface area contributed by atoms with Crippen LogP contribution in [0.3, 0.4) is 0 Å². The Bertz CT molecular complexity index is 989. The molecular formula is C23H25N3O. The van der Waals surface area contributed by atoms with E-state index in [2.05, 4.69) is 60.1 Å². The fraction of sp³-hybridized carbons (Fsp3) is 0.304. The molecule has 0 saturated carbocycles. The second kappa shape index (κ2) is 7.03. The van der Waals surface area contributed by atoms with Crippen LogP contribution in [0.4, 0.5) is 5.69 Å². The third-order valence-corrected chi connectivity index (χ3v) is 5.30. The van der Waals surface area contributed by atoms with E-state index in [0.29, 0.717) is 0 Å². The lowest BCUT2D eigenvalue weighted by Gasteiger charge is -2.36. The molecule has 138 valence electrons. The third kappa shape index (κ3) is 3.39. The number of aryl methyl sites for hydroxylation is 3. The van der Waals surface area contributed by atoms with Crippen LogP contribution in [0.15, 0.2) is 48.5 Å². The van der Waals surface area contributed by atoms with Crippen LogP contribution >= 0.6 is 0 Å². The third-order valence-electron chi connectivity index (χ3n) is 5.30. The van der Waals surface area contributed by atoms with E-state index in [1.54, 1.807) is 0 Å². The van der Waals surface area contributed by atoms with Crippen molar-refractivity contribution in [2.75, 3.05) is 31.1 Å². The van der Waals surface area contributed by atoms with Gasteiger partial charge in [0.15, 0.2) is 0 Å². The lowest BCUT2D eigenvalue weighted by Crippen LogP contribution is -2.48. The first-order valence-electron chi connectivity index (χ1n) is 9.51. The molecule has 0 N–H and O–H groups in total. The van der Waals surface area contributed by atoms with Crippen molar-refractivity contribution in [1.29, 1.82) is 0 Å². The number of carbonyl (C=O) groups excluding carboxylic acids is 1.